The van der Waals surface area contributed by atoms with Gasteiger partial charge in [-0.15, -0.1) is 0 Å². The molecule has 0 aromatic rings. The molecule has 3 heteroatoms. The molecule has 0 saturated carbocycles. The number of nitrogens with one attached hydrogen (secondary N) is 1. The van der Waals surface area contributed by atoms with E-state index < -0.39 is 0 Å². The van der Waals surface area contributed by atoms with E-state index in [1.807, 2.05) is 0 Å². The minimum absolute atomic E-state index is 0.784. The van der Waals surface area contributed by atoms with Crippen molar-refractivity contribution in [3.8, 4) is 0 Å². The van der Waals surface area contributed by atoms with E-state index in [4.69, 9.17) is 4.74 Å². The third kappa shape index (κ3) is 6.50. The van der Waals surface area contributed by atoms with Crippen LogP contribution in [-0.2, 0) is 4.74 Å². The van der Waals surface area contributed by atoms with Crippen molar-refractivity contribution in [3.05, 3.63) is 0 Å². The zero-order valence-corrected chi connectivity index (χ0v) is 9.93. The topological polar surface area (TPSA) is 33.6 Å². The lowest BCUT2D eigenvalue weighted by molar-refractivity contribution is 0.337. The van der Waals surface area contributed by atoms with E-state index in [1.165, 1.54) is 32.1 Å². The Morgan fingerprint density at radius 3 is 2.80 bits per heavy atom. The van der Waals surface area contributed by atoms with Crippen molar-refractivity contribution in [2.24, 2.45) is 4.99 Å². The summed E-state index contributed by atoms with van der Waals surface area (Å²) in [6.07, 6.45) is 7.70. The van der Waals surface area contributed by atoms with Crippen LogP contribution in [0, 0.1) is 0 Å². The van der Waals surface area contributed by atoms with Gasteiger partial charge < -0.3 is 10.1 Å². The van der Waals surface area contributed by atoms with E-state index in [9.17, 15) is 0 Å². The highest BCUT2D eigenvalue weighted by Gasteiger charge is 2.05. The third-order valence-electron chi connectivity index (χ3n) is 2.62. The number of ether oxygens (including phenoxy) is 1. The number of nitrogens with zero attached hydrogens (tertiary/aromatic N) is 1. The largest absolute Gasteiger partial charge is 0.479 e. The quantitative estimate of drug-likeness (QED) is 0.595. The summed E-state index contributed by atoms with van der Waals surface area (Å²) in [6.45, 7) is 6.03. The molecule has 0 radical (unpaired) electrons. The molecular formula is C12H24N2O. The van der Waals surface area contributed by atoms with Crippen LogP contribution in [0.2, 0.25) is 0 Å². The number of rotatable bonds is 9. The van der Waals surface area contributed by atoms with Crippen LogP contribution in [-0.4, -0.2) is 32.1 Å². The van der Waals surface area contributed by atoms with Gasteiger partial charge in [0.1, 0.15) is 6.61 Å². The Labute approximate surface area is 93.3 Å². The van der Waals surface area contributed by atoms with E-state index in [0.29, 0.717) is 0 Å². The fourth-order valence-electron chi connectivity index (χ4n) is 1.70. The van der Waals surface area contributed by atoms with Crippen molar-refractivity contribution >= 4 is 5.90 Å². The van der Waals surface area contributed by atoms with Crippen molar-refractivity contribution in [2.45, 2.75) is 45.4 Å². The predicted octanol–water partition coefficient (Wildman–Crippen LogP) is 2.37. The maximum absolute atomic E-state index is 5.32. The van der Waals surface area contributed by atoms with Gasteiger partial charge in [0.2, 0.25) is 0 Å². The number of hydrogen-bond acceptors (Lipinski definition) is 3. The Hall–Kier alpha value is -0.570. The standard InChI is InChI=1S/C12H24N2O/c1-2-3-4-5-6-8-13-9-7-12-14-10-11-15-12/h13H,2-11H2,1H3. The van der Waals surface area contributed by atoms with Crippen LogP contribution < -0.4 is 5.32 Å². The highest BCUT2D eigenvalue weighted by atomic mass is 16.5. The number of unbranched alkanes of at least 4 members (excludes halogenated alkanes) is 4. The molecule has 1 aliphatic rings. The molecule has 15 heavy (non-hydrogen) atoms. The molecule has 0 fully saturated rings. The molecule has 1 aliphatic heterocycles. The van der Waals surface area contributed by atoms with Crippen LogP contribution in [0.15, 0.2) is 4.99 Å². The van der Waals surface area contributed by atoms with Gasteiger partial charge >= 0.3 is 0 Å². The summed E-state index contributed by atoms with van der Waals surface area (Å²) in [5.41, 5.74) is 0. The minimum Gasteiger partial charge on any atom is -0.479 e. The van der Waals surface area contributed by atoms with Crippen LogP contribution in [0.5, 0.6) is 0 Å². The predicted molar refractivity (Wildman–Crippen MR) is 64.5 cm³/mol. The molecule has 1 rings (SSSR count). The molecule has 0 bridgehead atoms. The summed E-state index contributed by atoms with van der Waals surface area (Å²) in [5.74, 6) is 0.938. The van der Waals surface area contributed by atoms with E-state index in [0.717, 1.165) is 38.6 Å². The van der Waals surface area contributed by atoms with E-state index in [-0.39, 0.29) is 0 Å². The molecule has 3 nitrogen and oxygen atoms in total. The monoisotopic (exact) mass is 212 g/mol. The van der Waals surface area contributed by atoms with Gasteiger partial charge in [-0.1, -0.05) is 32.6 Å². The van der Waals surface area contributed by atoms with Crippen molar-refractivity contribution in [2.75, 3.05) is 26.2 Å². The smallest absolute Gasteiger partial charge is 0.184 e. The Morgan fingerprint density at radius 2 is 2.07 bits per heavy atom. The highest BCUT2D eigenvalue weighted by molar-refractivity contribution is 5.77. The van der Waals surface area contributed by atoms with Gasteiger partial charge in [0.05, 0.1) is 6.54 Å². The fourth-order valence-corrected chi connectivity index (χ4v) is 1.70. The average molecular weight is 212 g/mol. The normalized spacial score (nSPS) is 15.1. The summed E-state index contributed by atoms with van der Waals surface area (Å²) in [6, 6.07) is 0. The van der Waals surface area contributed by atoms with Gasteiger partial charge in [-0.2, -0.15) is 0 Å². The first-order valence-corrected chi connectivity index (χ1v) is 6.30. The molecule has 0 amide bonds. The van der Waals surface area contributed by atoms with Gasteiger partial charge in [0.25, 0.3) is 0 Å². The molecule has 88 valence electrons. The van der Waals surface area contributed by atoms with E-state index in [1.54, 1.807) is 0 Å². The molecule has 0 unspecified atom stereocenters. The number of aliphatic imine (C=N–C) groups is 1. The Morgan fingerprint density at radius 1 is 1.20 bits per heavy atom. The molecule has 0 spiro atoms. The molecule has 0 aromatic carbocycles. The van der Waals surface area contributed by atoms with Crippen LogP contribution >= 0.6 is 0 Å². The van der Waals surface area contributed by atoms with Gasteiger partial charge in [-0.25, -0.2) is 0 Å². The lowest BCUT2D eigenvalue weighted by Crippen LogP contribution is -2.19. The first kappa shape index (κ1) is 12.5. The lowest BCUT2D eigenvalue weighted by Gasteiger charge is -2.04. The second kappa shape index (κ2) is 8.72. The van der Waals surface area contributed by atoms with Crippen LogP contribution in [0.25, 0.3) is 0 Å². The lowest BCUT2D eigenvalue weighted by atomic mass is 10.1. The molecular weight excluding hydrogens is 188 g/mol. The SMILES string of the molecule is CCCCCCCNCCC1=NCCO1. The Bertz CT molecular complexity index is 180. The van der Waals surface area contributed by atoms with Gasteiger partial charge in [-0.3, -0.25) is 4.99 Å². The van der Waals surface area contributed by atoms with Crippen molar-refractivity contribution in [3.63, 3.8) is 0 Å². The summed E-state index contributed by atoms with van der Waals surface area (Å²) in [7, 11) is 0. The first-order valence-electron chi connectivity index (χ1n) is 6.30. The van der Waals surface area contributed by atoms with Crippen LogP contribution in [0.3, 0.4) is 0 Å². The average Bonchev–Trinajstić information content (AvgIpc) is 2.75. The molecule has 0 saturated heterocycles. The van der Waals surface area contributed by atoms with Crippen LogP contribution in [0.1, 0.15) is 45.4 Å². The third-order valence-corrected chi connectivity index (χ3v) is 2.62. The summed E-state index contributed by atoms with van der Waals surface area (Å²) in [4.78, 5) is 4.25. The van der Waals surface area contributed by atoms with Crippen molar-refractivity contribution in [1.29, 1.82) is 0 Å². The van der Waals surface area contributed by atoms with Gasteiger partial charge in [0, 0.05) is 13.0 Å². The second-order valence-corrected chi connectivity index (χ2v) is 4.04. The second-order valence-electron chi connectivity index (χ2n) is 4.04. The zero-order valence-electron chi connectivity index (χ0n) is 9.93. The molecule has 1 N–H and O–H groups in total. The highest BCUT2D eigenvalue weighted by Crippen LogP contribution is 2.01. The van der Waals surface area contributed by atoms with E-state index >= 15 is 0 Å². The molecule has 0 aliphatic carbocycles. The maximum atomic E-state index is 5.32. The molecule has 0 atom stereocenters. The molecule has 0 aromatic heterocycles. The maximum Gasteiger partial charge on any atom is 0.184 e. The van der Waals surface area contributed by atoms with Crippen molar-refractivity contribution < 1.29 is 4.74 Å². The van der Waals surface area contributed by atoms with Gasteiger partial charge in [-0.05, 0) is 13.0 Å². The number of hydrogen-bond donors (Lipinski definition) is 1. The minimum atomic E-state index is 0.784. The van der Waals surface area contributed by atoms with E-state index in [2.05, 4.69) is 17.2 Å². The fraction of sp³-hybridized carbons (Fsp3) is 0.917. The zero-order chi connectivity index (χ0) is 10.8. The summed E-state index contributed by atoms with van der Waals surface area (Å²) < 4.78 is 5.32. The Balaban J connectivity index is 1.77. The first-order chi connectivity index (χ1) is 7.43. The van der Waals surface area contributed by atoms with Crippen molar-refractivity contribution in [1.82, 2.24) is 5.32 Å². The van der Waals surface area contributed by atoms with Gasteiger partial charge in [0.15, 0.2) is 5.90 Å². The summed E-state index contributed by atoms with van der Waals surface area (Å²) >= 11 is 0. The Kier molecular flexibility index (Phi) is 7.26. The summed E-state index contributed by atoms with van der Waals surface area (Å²) in [5, 5.41) is 3.43. The van der Waals surface area contributed by atoms with Crippen LogP contribution in [0.4, 0.5) is 0 Å². The molecule has 1 heterocycles.